The Kier molecular flexibility index (Phi) is 8.72. The average molecular weight is 549 g/mol. The highest BCUT2D eigenvalue weighted by Gasteiger charge is 2.18. The third-order valence-electron chi connectivity index (χ3n) is 5.04. The molecule has 0 fully saturated rings. The molecule has 0 aliphatic rings. The van der Waals surface area contributed by atoms with Gasteiger partial charge < -0.3 is 9.30 Å². The predicted octanol–water partition coefficient (Wildman–Crippen LogP) is 6.33. The molecule has 0 atom stereocenters. The van der Waals surface area contributed by atoms with Crippen LogP contribution in [0.15, 0.2) is 60.2 Å². The van der Waals surface area contributed by atoms with E-state index in [-0.39, 0.29) is 5.97 Å². The van der Waals surface area contributed by atoms with Crippen molar-refractivity contribution in [3.63, 3.8) is 0 Å². The van der Waals surface area contributed by atoms with Gasteiger partial charge in [-0.2, -0.15) is 0 Å². The van der Waals surface area contributed by atoms with Gasteiger partial charge in [-0.3, -0.25) is 0 Å². The van der Waals surface area contributed by atoms with Gasteiger partial charge in [0.25, 0.3) is 0 Å². The van der Waals surface area contributed by atoms with Gasteiger partial charge >= 0.3 is 5.97 Å². The van der Waals surface area contributed by atoms with Gasteiger partial charge in [0.05, 0.1) is 12.8 Å². The summed E-state index contributed by atoms with van der Waals surface area (Å²) in [5.74, 6) is 0.567. The second kappa shape index (κ2) is 11.5. The van der Waals surface area contributed by atoms with E-state index in [0.29, 0.717) is 23.7 Å². The maximum atomic E-state index is 12.6. The van der Waals surface area contributed by atoms with E-state index in [1.54, 1.807) is 0 Å². The van der Waals surface area contributed by atoms with E-state index in [1.807, 2.05) is 36.4 Å². The number of esters is 1. The van der Waals surface area contributed by atoms with Crippen molar-refractivity contribution in [2.75, 3.05) is 7.11 Å². The lowest BCUT2D eigenvalue weighted by Crippen LogP contribution is -2.10. The van der Waals surface area contributed by atoms with E-state index < -0.39 is 0 Å². The summed E-state index contributed by atoms with van der Waals surface area (Å²) in [4.78, 5) is 17.2. The van der Waals surface area contributed by atoms with Crippen LogP contribution in [-0.2, 0) is 28.9 Å². The first-order valence-corrected chi connectivity index (χ1v) is 11.8. The van der Waals surface area contributed by atoms with E-state index in [2.05, 4.69) is 63.3 Å². The Labute approximate surface area is 202 Å². The molecule has 3 rings (SSSR count). The Morgan fingerprint density at radius 3 is 2.48 bits per heavy atom. The first-order chi connectivity index (χ1) is 15.0. The van der Waals surface area contributed by atoms with Gasteiger partial charge in [-0.25, -0.2) is 9.78 Å². The van der Waals surface area contributed by atoms with Crippen LogP contribution in [0.3, 0.4) is 0 Å². The van der Waals surface area contributed by atoms with E-state index in [4.69, 9.17) is 16.3 Å². The van der Waals surface area contributed by atoms with Crippen molar-refractivity contribution < 1.29 is 9.53 Å². The molecule has 2 aromatic carbocycles. The van der Waals surface area contributed by atoms with Crippen LogP contribution >= 0.6 is 34.2 Å². The van der Waals surface area contributed by atoms with Crippen molar-refractivity contribution in [2.45, 2.75) is 39.2 Å². The Bertz CT molecular complexity index is 1040. The molecule has 6 heteroatoms. The quantitative estimate of drug-likeness (QED) is 0.178. The zero-order valence-electron chi connectivity index (χ0n) is 17.8. The highest BCUT2D eigenvalue weighted by atomic mass is 127. The summed E-state index contributed by atoms with van der Waals surface area (Å²) in [6.07, 6.45) is 5.22. The number of carbonyl (C=O) groups excluding carboxylic acids is 1. The number of unbranched alkanes of at least 4 members (excludes halogenated alkanes) is 1. The molecule has 31 heavy (non-hydrogen) atoms. The number of aryl methyl sites for hydroxylation is 1. The zero-order chi connectivity index (χ0) is 22.2. The van der Waals surface area contributed by atoms with Crippen molar-refractivity contribution in [2.24, 2.45) is 0 Å². The number of ether oxygens (including phenoxy) is 1. The lowest BCUT2D eigenvalue weighted by molar-refractivity contribution is -0.136. The number of hydrogen-bond acceptors (Lipinski definition) is 3. The number of rotatable bonds is 9. The summed E-state index contributed by atoms with van der Waals surface area (Å²) < 4.78 is 8.37. The summed E-state index contributed by atoms with van der Waals surface area (Å²) in [6.45, 7) is 2.80. The van der Waals surface area contributed by atoms with Crippen LogP contribution in [0.1, 0.15) is 42.4 Å². The number of aromatic nitrogens is 2. The fourth-order valence-electron chi connectivity index (χ4n) is 3.39. The number of benzene rings is 2. The lowest BCUT2D eigenvalue weighted by Gasteiger charge is -2.12. The van der Waals surface area contributed by atoms with Gasteiger partial charge in [-0.15, -0.1) is 0 Å². The monoisotopic (exact) mass is 548 g/mol. The average Bonchev–Trinajstić information content (AvgIpc) is 3.07. The van der Waals surface area contributed by atoms with Crippen LogP contribution in [0.25, 0.3) is 6.08 Å². The smallest absolute Gasteiger partial charge is 0.334 e. The molecular formula is C25H26ClIN2O2. The van der Waals surface area contributed by atoms with Crippen molar-refractivity contribution >= 4 is 46.2 Å². The molecule has 0 N–H and O–H groups in total. The zero-order valence-corrected chi connectivity index (χ0v) is 20.7. The maximum absolute atomic E-state index is 12.6. The third kappa shape index (κ3) is 6.43. The molecule has 4 nitrogen and oxygen atoms in total. The van der Waals surface area contributed by atoms with Gasteiger partial charge in [0, 0.05) is 28.5 Å². The Morgan fingerprint density at radius 1 is 1.13 bits per heavy atom. The van der Waals surface area contributed by atoms with E-state index in [0.717, 1.165) is 41.9 Å². The Hall–Kier alpha value is -2.12. The summed E-state index contributed by atoms with van der Waals surface area (Å²) >= 11 is 8.89. The van der Waals surface area contributed by atoms with Crippen molar-refractivity contribution in [3.05, 3.63) is 91.5 Å². The van der Waals surface area contributed by atoms with Gasteiger partial charge in [-0.05, 0) is 58.3 Å². The number of methoxy groups -OCH3 is 1. The third-order valence-corrected chi connectivity index (χ3v) is 6.04. The molecule has 0 aliphatic carbocycles. The van der Waals surface area contributed by atoms with Crippen LogP contribution in [0.5, 0.6) is 0 Å². The first kappa shape index (κ1) is 23.5. The van der Waals surface area contributed by atoms with Gasteiger partial charge in [-0.1, -0.05) is 67.4 Å². The van der Waals surface area contributed by atoms with Crippen LogP contribution in [0.2, 0.25) is 5.15 Å². The van der Waals surface area contributed by atoms with Crippen molar-refractivity contribution in [3.8, 4) is 0 Å². The topological polar surface area (TPSA) is 44.1 Å². The SMILES string of the molecule is CCCCc1nc(Cl)c(/C=C(\Cc2ccccc2)C(=O)OC)n1Cc1ccc(I)cc1. The summed E-state index contributed by atoms with van der Waals surface area (Å²) in [5.41, 5.74) is 3.47. The second-order valence-electron chi connectivity index (χ2n) is 7.34. The molecule has 0 saturated heterocycles. The molecule has 0 radical (unpaired) electrons. The fourth-order valence-corrected chi connectivity index (χ4v) is 4.00. The highest BCUT2D eigenvalue weighted by Crippen LogP contribution is 2.25. The summed E-state index contributed by atoms with van der Waals surface area (Å²) in [7, 11) is 1.40. The Morgan fingerprint density at radius 2 is 1.84 bits per heavy atom. The number of hydrogen-bond donors (Lipinski definition) is 0. The van der Waals surface area contributed by atoms with Gasteiger partial charge in [0.2, 0.25) is 0 Å². The second-order valence-corrected chi connectivity index (χ2v) is 8.95. The standard InChI is InChI=1S/C25H26ClIN2O2/c1-3-4-10-23-28-24(26)22(29(23)17-19-11-13-21(27)14-12-19)16-20(25(30)31-2)15-18-8-6-5-7-9-18/h5-9,11-14,16H,3-4,10,15,17H2,1-2H3/b20-16+. The molecule has 0 spiro atoms. The summed E-state index contributed by atoms with van der Waals surface area (Å²) in [6, 6.07) is 18.3. The van der Waals surface area contributed by atoms with Gasteiger partial charge in [0.15, 0.2) is 5.15 Å². The number of carbonyl (C=O) groups is 1. The van der Waals surface area contributed by atoms with Crippen LogP contribution in [0.4, 0.5) is 0 Å². The minimum Gasteiger partial charge on any atom is -0.466 e. The number of imidazole rings is 1. The minimum atomic E-state index is -0.364. The van der Waals surface area contributed by atoms with Crippen molar-refractivity contribution in [1.29, 1.82) is 0 Å². The van der Waals surface area contributed by atoms with Gasteiger partial charge in [0.1, 0.15) is 5.82 Å². The maximum Gasteiger partial charge on any atom is 0.334 e. The molecule has 1 aromatic heterocycles. The predicted molar refractivity (Wildman–Crippen MR) is 134 cm³/mol. The molecule has 0 saturated carbocycles. The van der Waals surface area contributed by atoms with E-state index >= 15 is 0 Å². The largest absolute Gasteiger partial charge is 0.466 e. The Balaban J connectivity index is 2.04. The summed E-state index contributed by atoms with van der Waals surface area (Å²) in [5, 5.41) is 0.408. The first-order valence-electron chi connectivity index (χ1n) is 10.3. The molecule has 0 amide bonds. The molecule has 0 bridgehead atoms. The lowest BCUT2D eigenvalue weighted by atomic mass is 10.0. The van der Waals surface area contributed by atoms with Crippen LogP contribution in [-0.4, -0.2) is 22.6 Å². The minimum absolute atomic E-state index is 0.364. The van der Waals surface area contributed by atoms with E-state index in [1.165, 1.54) is 10.7 Å². The number of nitrogens with zero attached hydrogens (tertiary/aromatic N) is 2. The molecule has 3 aromatic rings. The van der Waals surface area contributed by atoms with Crippen molar-refractivity contribution in [1.82, 2.24) is 9.55 Å². The van der Waals surface area contributed by atoms with E-state index in [9.17, 15) is 4.79 Å². The molecule has 1 heterocycles. The highest BCUT2D eigenvalue weighted by molar-refractivity contribution is 14.1. The molecule has 0 unspecified atom stereocenters. The van der Waals surface area contributed by atoms with Crippen LogP contribution in [0, 0.1) is 3.57 Å². The molecular weight excluding hydrogens is 523 g/mol. The van der Waals surface area contributed by atoms with Crippen LogP contribution < -0.4 is 0 Å². The molecule has 0 aliphatic heterocycles. The molecule has 162 valence electrons. The fraction of sp³-hybridized carbons (Fsp3) is 0.280. The number of halogens is 2. The normalized spacial score (nSPS) is 11.5.